The van der Waals surface area contributed by atoms with E-state index in [1.807, 2.05) is 0 Å². The molecule has 0 aliphatic heterocycles. The molecule has 1 rings (SSSR count). The SMILES string of the molecule is ClC(Cl)(Cl)c1nnnc(C(Cl)(Cl)Cl)n1. The van der Waals surface area contributed by atoms with Crippen LogP contribution in [0.15, 0.2) is 0 Å². The lowest BCUT2D eigenvalue weighted by molar-refractivity contribution is 0.713. The molecule has 0 N–H and O–H groups in total. The highest BCUT2D eigenvalue weighted by Gasteiger charge is 2.33. The first-order chi connectivity index (χ1) is 6.21. The number of aromatic nitrogens is 4. The molecule has 0 radical (unpaired) electrons. The third kappa shape index (κ3) is 3.36. The van der Waals surface area contributed by atoms with Crippen LogP contribution in [0, 0.1) is 0 Å². The molecule has 0 bridgehead atoms. The maximum atomic E-state index is 5.49. The molecule has 78 valence electrons. The third-order valence-electron chi connectivity index (χ3n) is 0.998. The van der Waals surface area contributed by atoms with Gasteiger partial charge in [0, 0.05) is 0 Å². The van der Waals surface area contributed by atoms with Gasteiger partial charge in [-0.1, -0.05) is 69.6 Å². The van der Waals surface area contributed by atoms with Crippen molar-refractivity contribution < 1.29 is 0 Å². The van der Waals surface area contributed by atoms with Gasteiger partial charge in [-0.15, -0.1) is 10.2 Å². The molecule has 0 fully saturated rings. The second-order valence-electron chi connectivity index (χ2n) is 2.04. The van der Waals surface area contributed by atoms with Crippen LogP contribution in [-0.4, -0.2) is 20.4 Å². The van der Waals surface area contributed by atoms with Gasteiger partial charge in [0.15, 0.2) is 0 Å². The van der Waals surface area contributed by atoms with Crippen LogP contribution >= 0.6 is 69.6 Å². The van der Waals surface area contributed by atoms with Crippen molar-refractivity contribution in [3.63, 3.8) is 0 Å². The van der Waals surface area contributed by atoms with E-state index >= 15 is 0 Å². The maximum absolute atomic E-state index is 5.49. The van der Waals surface area contributed by atoms with E-state index in [9.17, 15) is 0 Å². The second kappa shape index (κ2) is 4.28. The normalized spacial score (nSPS) is 13.0. The van der Waals surface area contributed by atoms with Gasteiger partial charge in [0.25, 0.3) is 7.59 Å². The lowest BCUT2D eigenvalue weighted by Gasteiger charge is -2.11. The number of nitrogens with zero attached hydrogens (tertiary/aromatic N) is 4. The Morgan fingerprint density at radius 2 is 1.07 bits per heavy atom. The molecule has 0 amide bonds. The first-order valence-electron chi connectivity index (χ1n) is 2.93. The highest BCUT2D eigenvalue weighted by Crippen LogP contribution is 2.38. The summed E-state index contributed by atoms with van der Waals surface area (Å²) in [5.41, 5.74) is 0. The van der Waals surface area contributed by atoms with E-state index in [4.69, 9.17) is 69.6 Å². The van der Waals surface area contributed by atoms with Gasteiger partial charge in [0.2, 0.25) is 11.6 Å². The monoisotopic (exact) mass is 314 g/mol. The summed E-state index contributed by atoms with van der Waals surface area (Å²) in [7, 11) is 0. The molecule has 0 aliphatic rings. The van der Waals surface area contributed by atoms with Gasteiger partial charge in [-0.3, -0.25) is 0 Å². The highest BCUT2D eigenvalue weighted by molar-refractivity contribution is 6.67. The smallest absolute Gasteiger partial charge is 0.205 e. The van der Waals surface area contributed by atoms with E-state index in [1.165, 1.54) is 0 Å². The highest BCUT2D eigenvalue weighted by atomic mass is 35.6. The number of hydrogen-bond donors (Lipinski definition) is 0. The molecule has 1 aromatic rings. The fraction of sp³-hybridized carbons (Fsp3) is 0.500. The Morgan fingerprint density at radius 3 is 1.36 bits per heavy atom. The minimum absolute atomic E-state index is 0.209. The van der Waals surface area contributed by atoms with Crippen LogP contribution in [0.2, 0.25) is 0 Å². The molecule has 0 unspecified atom stereocenters. The zero-order chi connectivity index (χ0) is 11.0. The van der Waals surface area contributed by atoms with Crippen LogP contribution in [0.5, 0.6) is 0 Å². The average molecular weight is 317 g/mol. The third-order valence-corrected chi connectivity index (χ3v) is 2.01. The van der Waals surface area contributed by atoms with E-state index in [-0.39, 0.29) is 11.6 Å². The lowest BCUT2D eigenvalue weighted by atomic mass is 10.6. The average Bonchev–Trinajstić information content (AvgIpc) is 2.01. The summed E-state index contributed by atoms with van der Waals surface area (Å²) >= 11 is 32.9. The Balaban J connectivity index is 3.15. The Labute approximate surface area is 109 Å². The summed E-state index contributed by atoms with van der Waals surface area (Å²) in [5.74, 6) is -0.419. The summed E-state index contributed by atoms with van der Waals surface area (Å²) in [5, 5.41) is 10.0. The summed E-state index contributed by atoms with van der Waals surface area (Å²) in [6.45, 7) is 0. The van der Waals surface area contributed by atoms with Crippen molar-refractivity contribution in [2.45, 2.75) is 7.59 Å². The zero-order valence-corrected chi connectivity index (χ0v) is 10.6. The van der Waals surface area contributed by atoms with Gasteiger partial charge in [0.1, 0.15) is 0 Å². The molecule has 14 heavy (non-hydrogen) atoms. The molecule has 0 saturated carbocycles. The first-order valence-corrected chi connectivity index (χ1v) is 5.20. The Hall–Kier alpha value is 0.680. The molecular weight excluding hydrogens is 317 g/mol. The molecule has 0 saturated heterocycles. The number of halogens is 6. The van der Waals surface area contributed by atoms with Gasteiger partial charge in [-0.2, -0.15) is 0 Å². The molecule has 1 heterocycles. The largest absolute Gasteiger partial charge is 0.252 e. The van der Waals surface area contributed by atoms with Crippen molar-refractivity contribution in [2.75, 3.05) is 0 Å². The fourth-order valence-electron chi connectivity index (χ4n) is 0.492. The predicted molar refractivity (Wildman–Crippen MR) is 56.1 cm³/mol. The van der Waals surface area contributed by atoms with Crippen molar-refractivity contribution in [1.82, 2.24) is 20.4 Å². The number of alkyl halides is 6. The van der Waals surface area contributed by atoms with Crippen molar-refractivity contribution in [3.05, 3.63) is 11.6 Å². The molecule has 0 atom stereocenters. The van der Waals surface area contributed by atoms with Crippen molar-refractivity contribution in [1.29, 1.82) is 0 Å². The molecule has 1 aromatic heterocycles. The Bertz CT molecular complexity index is 300. The second-order valence-corrected chi connectivity index (χ2v) is 6.61. The summed E-state index contributed by atoms with van der Waals surface area (Å²) < 4.78 is -3.67. The van der Waals surface area contributed by atoms with Gasteiger partial charge in [0.05, 0.1) is 0 Å². The van der Waals surface area contributed by atoms with Crippen LogP contribution < -0.4 is 0 Å². The number of rotatable bonds is 0. The van der Waals surface area contributed by atoms with Gasteiger partial charge < -0.3 is 0 Å². The molecule has 4 nitrogen and oxygen atoms in total. The molecule has 0 spiro atoms. The first kappa shape index (κ1) is 12.7. The molecule has 10 heteroatoms. The topological polar surface area (TPSA) is 51.6 Å². The van der Waals surface area contributed by atoms with Crippen LogP contribution in [0.4, 0.5) is 0 Å². The lowest BCUT2D eigenvalue weighted by Crippen LogP contribution is -2.16. The Kier molecular flexibility index (Phi) is 3.89. The molecule has 0 aromatic carbocycles. The van der Waals surface area contributed by atoms with E-state index in [1.54, 1.807) is 0 Å². The maximum Gasteiger partial charge on any atom is 0.252 e. The van der Waals surface area contributed by atoms with Crippen LogP contribution in [-0.2, 0) is 7.59 Å². The predicted octanol–water partition coefficient (Wildman–Crippen LogP) is 2.92. The summed E-state index contributed by atoms with van der Waals surface area (Å²) in [6.07, 6.45) is 0. The van der Waals surface area contributed by atoms with Crippen molar-refractivity contribution in [2.24, 2.45) is 0 Å². The zero-order valence-electron chi connectivity index (χ0n) is 6.06. The van der Waals surface area contributed by atoms with Crippen LogP contribution in [0.25, 0.3) is 0 Å². The van der Waals surface area contributed by atoms with Gasteiger partial charge in [-0.05, 0) is 5.21 Å². The van der Waals surface area contributed by atoms with E-state index in [0.29, 0.717) is 0 Å². The van der Waals surface area contributed by atoms with Gasteiger partial charge in [-0.25, -0.2) is 4.98 Å². The number of hydrogen-bond acceptors (Lipinski definition) is 4. The minimum atomic E-state index is -1.83. The van der Waals surface area contributed by atoms with Crippen LogP contribution in [0.3, 0.4) is 0 Å². The van der Waals surface area contributed by atoms with Crippen LogP contribution in [0.1, 0.15) is 11.6 Å². The van der Waals surface area contributed by atoms with Crippen molar-refractivity contribution in [3.8, 4) is 0 Å². The fourth-order valence-corrected chi connectivity index (χ4v) is 0.973. The summed E-state index contributed by atoms with van der Waals surface area (Å²) in [4.78, 5) is 3.64. The van der Waals surface area contributed by atoms with Gasteiger partial charge >= 0.3 is 0 Å². The molecular formula is C4Cl6N4. The van der Waals surface area contributed by atoms with E-state index < -0.39 is 7.59 Å². The minimum Gasteiger partial charge on any atom is -0.205 e. The quantitative estimate of drug-likeness (QED) is 0.691. The van der Waals surface area contributed by atoms with E-state index in [2.05, 4.69) is 20.4 Å². The molecule has 0 aliphatic carbocycles. The summed E-state index contributed by atoms with van der Waals surface area (Å²) in [6, 6.07) is 0. The standard InChI is InChI=1S/C4Cl6N4/c5-3(6,7)1-11-2(4(8,9)10)13-14-12-1. The Morgan fingerprint density at radius 1 is 0.714 bits per heavy atom. The van der Waals surface area contributed by atoms with E-state index in [0.717, 1.165) is 0 Å². The van der Waals surface area contributed by atoms with Crippen molar-refractivity contribution >= 4 is 69.6 Å².